The lowest BCUT2D eigenvalue weighted by Crippen LogP contribution is -2.51. The van der Waals surface area contributed by atoms with Crippen LogP contribution in [0.15, 0.2) is 30.3 Å². The van der Waals surface area contributed by atoms with Crippen molar-refractivity contribution in [1.82, 2.24) is 19.6 Å². The molecule has 30 heavy (non-hydrogen) atoms. The van der Waals surface area contributed by atoms with Gasteiger partial charge in [0.1, 0.15) is 17.9 Å². The van der Waals surface area contributed by atoms with Gasteiger partial charge in [0, 0.05) is 32.6 Å². The molecule has 1 saturated heterocycles. The number of carbonyl (C=O) groups excluding carboxylic acids is 2. The Kier molecular flexibility index (Phi) is 6.81. The van der Waals surface area contributed by atoms with Crippen molar-refractivity contribution in [2.24, 2.45) is 0 Å². The number of aromatic nitrogens is 2. The van der Waals surface area contributed by atoms with Crippen molar-refractivity contribution in [1.29, 1.82) is 0 Å². The van der Waals surface area contributed by atoms with Crippen LogP contribution in [0.25, 0.3) is 0 Å². The summed E-state index contributed by atoms with van der Waals surface area (Å²) in [6, 6.07) is 10.1. The summed E-state index contributed by atoms with van der Waals surface area (Å²) in [7, 11) is 0. The molecule has 0 aliphatic carbocycles. The second kappa shape index (κ2) is 9.51. The average Bonchev–Trinajstić information content (AvgIpc) is 3.01. The summed E-state index contributed by atoms with van der Waals surface area (Å²) < 4.78 is 1.39. The summed E-state index contributed by atoms with van der Waals surface area (Å²) >= 11 is 0. The molecule has 1 fully saturated rings. The Morgan fingerprint density at radius 2 is 1.63 bits per heavy atom. The molecule has 3 rings (SSSR count). The van der Waals surface area contributed by atoms with Gasteiger partial charge in [-0.25, -0.2) is 0 Å². The summed E-state index contributed by atoms with van der Waals surface area (Å²) in [5.74, 6) is -0.0288. The third-order valence-electron chi connectivity index (χ3n) is 5.49. The number of piperazine rings is 1. The quantitative estimate of drug-likeness (QED) is 0.511. The van der Waals surface area contributed by atoms with Crippen molar-refractivity contribution in [2.75, 3.05) is 26.2 Å². The molecule has 0 radical (unpaired) electrons. The smallest absolute Gasteiger partial charge is 0.312 e. The van der Waals surface area contributed by atoms with Gasteiger partial charge in [0.15, 0.2) is 0 Å². The molecule has 9 nitrogen and oxygen atoms in total. The zero-order valence-corrected chi connectivity index (χ0v) is 17.4. The summed E-state index contributed by atoms with van der Waals surface area (Å²) in [5.41, 5.74) is 1.85. The fourth-order valence-electron chi connectivity index (χ4n) is 3.79. The summed E-state index contributed by atoms with van der Waals surface area (Å²) in [6.07, 6.45) is 2.18. The molecule has 1 aliphatic heterocycles. The van der Waals surface area contributed by atoms with Crippen LogP contribution in [0.5, 0.6) is 0 Å². The molecule has 2 aromatic rings. The first-order valence-corrected chi connectivity index (χ1v) is 10.1. The van der Waals surface area contributed by atoms with E-state index >= 15 is 0 Å². The number of nitrogens with zero attached hydrogens (tertiary/aromatic N) is 5. The maximum atomic E-state index is 12.6. The number of hydrogen-bond acceptors (Lipinski definition) is 5. The molecular weight excluding hydrogens is 386 g/mol. The van der Waals surface area contributed by atoms with Gasteiger partial charge in [0.2, 0.25) is 11.8 Å². The van der Waals surface area contributed by atoms with Crippen molar-refractivity contribution < 1.29 is 14.5 Å². The van der Waals surface area contributed by atoms with Gasteiger partial charge in [-0.3, -0.25) is 24.4 Å². The van der Waals surface area contributed by atoms with E-state index in [1.165, 1.54) is 10.2 Å². The molecule has 1 aromatic carbocycles. The zero-order chi connectivity index (χ0) is 21.7. The van der Waals surface area contributed by atoms with Crippen molar-refractivity contribution in [3.63, 3.8) is 0 Å². The number of carbonyl (C=O) groups is 2. The molecule has 0 unspecified atom stereocenters. The first-order valence-electron chi connectivity index (χ1n) is 10.1. The van der Waals surface area contributed by atoms with Crippen LogP contribution < -0.4 is 0 Å². The molecule has 0 saturated carbocycles. The molecule has 0 spiro atoms. The van der Waals surface area contributed by atoms with E-state index in [0.717, 1.165) is 12.8 Å². The molecule has 0 atom stereocenters. The lowest BCUT2D eigenvalue weighted by Gasteiger charge is -2.35. The molecule has 1 aliphatic rings. The van der Waals surface area contributed by atoms with Gasteiger partial charge in [0.05, 0.1) is 4.92 Å². The second-order valence-electron chi connectivity index (χ2n) is 7.53. The van der Waals surface area contributed by atoms with Crippen molar-refractivity contribution in [2.45, 2.75) is 39.7 Å². The van der Waals surface area contributed by atoms with Gasteiger partial charge in [-0.1, -0.05) is 30.3 Å². The van der Waals surface area contributed by atoms with Gasteiger partial charge in [-0.2, -0.15) is 5.10 Å². The maximum absolute atomic E-state index is 12.6. The number of rotatable bonds is 7. The van der Waals surface area contributed by atoms with Gasteiger partial charge < -0.3 is 9.80 Å². The van der Waals surface area contributed by atoms with Gasteiger partial charge in [-0.15, -0.1) is 0 Å². The first kappa shape index (κ1) is 21.5. The molecule has 160 valence electrons. The van der Waals surface area contributed by atoms with Crippen molar-refractivity contribution >= 4 is 17.5 Å². The highest BCUT2D eigenvalue weighted by Crippen LogP contribution is 2.22. The number of amides is 2. The molecule has 0 bridgehead atoms. The Morgan fingerprint density at radius 1 is 1.03 bits per heavy atom. The fourth-order valence-corrected chi connectivity index (χ4v) is 3.79. The van der Waals surface area contributed by atoms with E-state index in [1.54, 1.807) is 18.7 Å². The van der Waals surface area contributed by atoms with Crippen LogP contribution in [0.3, 0.4) is 0 Å². The lowest BCUT2D eigenvalue weighted by atomic mass is 10.1. The highest BCUT2D eigenvalue weighted by Gasteiger charge is 2.27. The lowest BCUT2D eigenvalue weighted by molar-refractivity contribution is -0.386. The normalized spacial score (nSPS) is 14.1. The van der Waals surface area contributed by atoms with E-state index in [9.17, 15) is 19.7 Å². The largest absolute Gasteiger partial charge is 0.339 e. The molecule has 0 N–H and O–H groups in total. The SMILES string of the molecule is Cc1nn(CC(=O)N2CCN(C(=O)CCCc3ccccc3)CC2)c(C)c1[N+](=O)[O-]. The molecule has 9 heteroatoms. The van der Waals surface area contributed by atoms with Crippen LogP contribution in [-0.4, -0.2) is 62.5 Å². The number of nitro groups is 1. The van der Waals surface area contributed by atoms with Crippen LogP contribution in [0.4, 0.5) is 5.69 Å². The van der Waals surface area contributed by atoms with E-state index in [0.29, 0.717) is 44.0 Å². The van der Waals surface area contributed by atoms with Gasteiger partial charge in [-0.05, 0) is 32.3 Å². The highest BCUT2D eigenvalue weighted by atomic mass is 16.6. The first-order chi connectivity index (χ1) is 14.4. The Labute approximate surface area is 175 Å². The molecular formula is C21H27N5O4. The maximum Gasteiger partial charge on any atom is 0.312 e. The fraction of sp³-hybridized carbons (Fsp3) is 0.476. The van der Waals surface area contributed by atoms with Gasteiger partial charge in [0.25, 0.3) is 0 Å². The van der Waals surface area contributed by atoms with E-state index in [1.807, 2.05) is 23.1 Å². The second-order valence-corrected chi connectivity index (χ2v) is 7.53. The predicted octanol–water partition coefficient (Wildman–Crippen LogP) is 2.10. The van der Waals surface area contributed by atoms with Crippen LogP contribution in [0.1, 0.15) is 29.8 Å². The van der Waals surface area contributed by atoms with Crippen molar-refractivity contribution in [3.05, 3.63) is 57.4 Å². The van der Waals surface area contributed by atoms with E-state index in [-0.39, 0.29) is 24.0 Å². The molecule has 2 amide bonds. The molecule has 2 heterocycles. The third-order valence-corrected chi connectivity index (χ3v) is 5.49. The number of benzene rings is 1. The van der Waals surface area contributed by atoms with Crippen LogP contribution in [-0.2, 0) is 22.6 Å². The van der Waals surface area contributed by atoms with E-state index in [4.69, 9.17) is 0 Å². The number of aryl methyl sites for hydroxylation is 2. The topological polar surface area (TPSA) is 102 Å². The Morgan fingerprint density at radius 3 is 2.20 bits per heavy atom. The van der Waals surface area contributed by atoms with Crippen molar-refractivity contribution in [3.8, 4) is 0 Å². The molecule has 1 aromatic heterocycles. The minimum absolute atomic E-state index is 0.0362. The van der Waals surface area contributed by atoms with E-state index < -0.39 is 4.92 Å². The zero-order valence-electron chi connectivity index (χ0n) is 17.4. The van der Waals surface area contributed by atoms with Gasteiger partial charge >= 0.3 is 5.69 Å². The Hall–Kier alpha value is -3.23. The highest BCUT2D eigenvalue weighted by molar-refractivity contribution is 5.78. The minimum Gasteiger partial charge on any atom is -0.339 e. The monoisotopic (exact) mass is 413 g/mol. The summed E-state index contributed by atoms with van der Waals surface area (Å²) in [6.45, 7) is 5.06. The van der Waals surface area contributed by atoms with Crippen LogP contribution in [0, 0.1) is 24.0 Å². The summed E-state index contributed by atoms with van der Waals surface area (Å²) in [4.78, 5) is 39.2. The predicted molar refractivity (Wildman–Crippen MR) is 111 cm³/mol. The Balaban J connectivity index is 1.45. The third kappa shape index (κ3) is 5.03. The standard InChI is InChI=1S/C21H27N5O4/c1-16-21(26(29)30)17(2)25(22-16)15-20(28)24-13-11-23(12-14-24)19(27)10-6-9-18-7-4-3-5-8-18/h3-5,7-8H,6,9-15H2,1-2H3. The number of hydrogen-bond donors (Lipinski definition) is 0. The average molecular weight is 413 g/mol. The summed E-state index contributed by atoms with van der Waals surface area (Å²) in [5, 5.41) is 15.2. The minimum atomic E-state index is -0.471. The van der Waals surface area contributed by atoms with Crippen LogP contribution >= 0.6 is 0 Å². The van der Waals surface area contributed by atoms with E-state index in [2.05, 4.69) is 17.2 Å². The van der Waals surface area contributed by atoms with Crippen LogP contribution in [0.2, 0.25) is 0 Å². The Bertz CT molecular complexity index is 917.